The molecule has 0 amide bonds. The van der Waals surface area contributed by atoms with Gasteiger partial charge in [-0.15, -0.1) is 0 Å². The van der Waals surface area contributed by atoms with Crippen molar-refractivity contribution in [3.8, 4) is 0 Å². The van der Waals surface area contributed by atoms with E-state index in [1.165, 1.54) is 11.6 Å². The van der Waals surface area contributed by atoms with E-state index in [1.807, 2.05) is 13.0 Å². The number of hydrogen-bond donors (Lipinski definition) is 1. The second kappa shape index (κ2) is 3.11. The molecule has 2 N–H and O–H groups in total. The minimum absolute atomic E-state index is 0.128. The summed E-state index contributed by atoms with van der Waals surface area (Å²) in [4.78, 5) is 0. The van der Waals surface area contributed by atoms with Gasteiger partial charge in [-0.3, -0.25) is 0 Å². The van der Waals surface area contributed by atoms with Gasteiger partial charge in [0.15, 0.2) is 0 Å². The molecule has 0 saturated heterocycles. The van der Waals surface area contributed by atoms with Crippen molar-refractivity contribution in [3.05, 3.63) is 35.1 Å². The lowest BCUT2D eigenvalue weighted by molar-refractivity contribution is 0.559. The molecule has 0 aliphatic heterocycles. The predicted octanol–water partition coefficient (Wildman–Crippen LogP) is 2.20. The third-order valence-electron chi connectivity index (χ3n) is 2.87. The Hall–Kier alpha value is -0.890. The fraction of sp³-hybridized carbons (Fsp3) is 0.455. The summed E-state index contributed by atoms with van der Waals surface area (Å²) in [5, 5.41) is 0. The number of rotatable bonds is 1. The first kappa shape index (κ1) is 8.70. The molecule has 1 aromatic rings. The number of aryl methyl sites for hydroxylation is 1. The largest absolute Gasteiger partial charge is 0.327 e. The molecule has 70 valence electrons. The van der Waals surface area contributed by atoms with Crippen LogP contribution in [0.3, 0.4) is 0 Å². The second-order valence-electron chi connectivity index (χ2n) is 3.85. The minimum Gasteiger partial charge on any atom is -0.327 e. The third-order valence-corrected chi connectivity index (χ3v) is 2.87. The van der Waals surface area contributed by atoms with Gasteiger partial charge in [0.25, 0.3) is 0 Å². The summed E-state index contributed by atoms with van der Waals surface area (Å²) < 4.78 is 13.0. The summed E-state index contributed by atoms with van der Waals surface area (Å²) in [6.07, 6.45) is 2.11. The molecule has 1 aliphatic rings. The topological polar surface area (TPSA) is 26.0 Å². The van der Waals surface area contributed by atoms with Crippen molar-refractivity contribution in [1.82, 2.24) is 0 Å². The summed E-state index contributed by atoms with van der Waals surface area (Å²) in [5.74, 6) is 0.206. The average Bonchev–Trinajstić information content (AvgIpc) is 2.46. The maximum absolute atomic E-state index is 13.0. The SMILES string of the molecule is CC(N)C1CCc2ccc(F)cc21. The third kappa shape index (κ3) is 1.46. The zero-order chi connectivity index (χ0) is 9.42. The van der Waals surface area contributed by atoms with Crippen molar-refractivity contribution in [1.29, 1.82) is 0 Å². The summed E-state index contributed by atoms with van der Waals surface area (Å²) in [5.41, 5.74) is 8.23. The summed E-state index contributed by atoms with van der Waals surface area (Å²) in [6, 6.07) is 5.18. The van der Waals surface area contributed by atoms with E-state index in [4.69, 9.17) is 5.73 Å². The van der Waals surface area contributed by atoms with Gasteiger partial charge in [0.2, 0.25) is 0 Å². The van der Waals surface area contributed by atoms with Crippen LogP contribution in [0.1, 0.15) is 30.4 Å². The van der Waals surface area contributed by atoms with Gasteiger partial charge in [-0.2, -0.15) is 0 Å². The number of fused-ring (bicyclic) bond motifs is 1. The van der Waals surface area contributed by atoms with Gasteiger partial charge in [-0.1, -0.05) is 6.07 Å². The van der Waals surface area contributed by atoms with E-state index in [-0.39, 0.29) is 11.9 Å². The molecule has 2 rings (SSSR count). The van der Waals surface area contributed by atoms with Crippen molar-refractivity contribution < 1.29 is 4.39 Å². The van der Waals surface area contributed by atoms with Gasteiger partial charge in [0.05, 0.1) is 0 Å². The predicted molar refractivity (Wildman–Crippen MR) is 51.1 cm³/mol. The van der Waals surface area contributed by atoms with Gasteiger partial charge >= 0.3 is 0 Å². The molecule has 2 heteroatoms. The molecular formula is C11H14FN. The minimum atomic E-state index is -0.147. The van der Waals surface area contributed by atoms with Crippen LogP contribution in [0.4, 0.5) is 4.39 Å². The lowest BCUT2D eigenvalue weighted by Gasteiger charge is -2.15. The van der Waals surface area contributed by atoms with E-state index < -0.39 is 0 Å². The highest BCUT2D eigenvalue weighted by Gasteiger charge is 2.25. The van der Waals surface area contributed by atoms with Crippen LogP contribution < -0.4 is 5.73 Å². The number of benzene rings is 1. The first-order valence-corrected chi connectivity index (χ1v) is 4.72. The Labute approximate surface area is 77.8 Å². The molecule has 0 aromatic heterocycles. The lowest BCUT2D eigenvalue weighted by Crippen LogP contribution is -2.22. The van der Waals surface area contributed by atoms with Crippen LogP contribution in [0.2, 0.25) is 0 Å². The van der Waals surface area contributed by atoms with Crippen molar-refractivity contribution in [2.45, 2.75) is 31.7 Å². The monoisotopic (exact) mass is 179 g/mol. The smallest absolute Gasteiger partial charge is 0.123 e. The lowest BCUT2D eigenvalue weighted by atomic mass is 9.95. The Bertz CT molecular complexity index is 320. The summed E-state index contributed by atoms with van der Waals surface area (Å²) >= 11 is 0. The Kier molecular flexibility index (Phi) is 2.08. The summed E-state index contributed by atoms with van der Waals surface area (Å²) in [7, 11) is 0. The molecule has 0 bridgehead atoms. The molecule has 0 spiro atoms. The standard InChI is InChI=1S/C11H14FN/c1-7(13)10-5-3-8-2-4-9(12)6-11(8)10/h2,4,6-7,10H,3,5,13H2,1H3. The molecule has 1 nitrogen and oxygen atoms in total. The van der Waals surface area contributed by atoms with Crippen molar-refractivity contribution in [2.24, 2.45) is 5.73 Å². The van der Waals surface area contributed by atoms with Crippen molar-refractivity contribution in [3.63, 3.8) is 0 Å². The van der Waals surface area contributed by atoms with E-state index in [0.29, 0.717) is 5.92 Å². The zero-order valence-corrected chi connectivity index (χ0v) is 7.76. The molecule has 1 aliphatic carbocycles. The van der Waals surface area contributed by atoms with E-state index in [9.17, 15) is 4.39 Å². The van der Waals surface area contributed by atoms with Gasteiger partial charge in [0, 0.05) is 6.04 Å². The Morgan fingerprint density at radius 1 is 1.54 bits per heavy atom. The van der Waals surface area contributed by atoms with Gasteiger partial charge in [-0.05, 0) is 48.9 Å². The zero-order valence-electron chi connectivity index (χ0n) is 7.76. The fourth-order valence-electron chi connectivity index (χ4n) is 2.15. The first-order valence-electron chi connectivity index (χ1n) is 4.72. The molecule has 0 saturated carbocycles. The van der Waals surface area contributed by atoms with E-state index in [2.05, 4.69) is 0 Å². The maximum Gasteiger partial charge on any atom is 0.123 e. The highest BCUT2D eigenvalue weighted by molar-refractivity contribution is 5.36. The molecule has 2 unspecified atom stereocenters. The van der Waals surface area contributed by atoms with Gasteiger partial charge in [-0.25, -0.2) is 4.39 Å². The number of hydrogen-bond acceptors (Lipinski definition) is 1. The molecule has 0 radical (unpaired) electrons. The molecule has 0 heterocycles. The Balaban J connectivity index is 2.40. The van der Waals surface area contributed by atoms with E-state index in [1.54, 1.807) is 6.07 Å². The quantitative estimate of drug-likeness (QED) is 0.702. The Morgan fingerprint density at radius 3 is 3.00 bits per heavy atom. The number of nitrogens with two attached hydrogens (primary N) is 1. The van der Waals surface area contributed by atoms with Crippen LogP contribution in [-0.4, -0.2) is 6.04 Å². The summed E-state index contributed by atoms with van der Waals surface area (Å²) in [6.45, 7) is 1.99. The van der Waals surface area contributed by atoms with Crippen molar-refractivity contribution >= 4 is 0 Å². The molecular weight excluding hydrogens is 165 g/mol. The Morgan fingerprint density at radius 2 is 2.31 bits per heavy atom. The van der Waals surface area contributed by atoms with Crippen LogP contribution in [-0.2, 0) is 6.42 Å². The van der Waals surface area contributed by atoms with Crippen LogP contribution >= 0.6 is 0 Å². The number of halogens is 1. The normalized spacial score (nSPS) is 22.8. The van der Waals surface area contributed by atoms with E-state index >= 15 is 0 Å². The van der Waals surface area contributed by atoms with Gasteiger partial charge < -0.3 is 5.73 Å². The molecule has 0 fully saturated rings. The van der Waals surface area contributed by atoms with Crippen LogP contribution in [0.25, 0.3) is 0 Å². The van der Waals surface area contributed by atoms with Crippen LogP contribution in [0, 0.1) is 5.82 Å². The highest BCUT2D eigenvalue weighted by atomic mass is 19.1. The highest BCUT2D eigenvalue weighted by Crippen LogP contribution is 2.34. The first-order chi connectivity index (χ1) is 6.18. The molecule has 2 atom stereocenters. The molecule has 13 heavy (non-hydrogen) atoms. The van der Waals surface area contributed by atoms with Crippen LogP contribution in [0.15, 0.2) is 18.2 Å². The second-order valence-corrected chi connectivity index (χ2v) is 3.85. The fourth-order valence-corrected chi connectivity index (χ4v) is 2.15. The maximum atomic E-state index is 13.0. The van der Waals surface area contributed by atoms with E-state index in [0.717, 1.165) is 18.4 Å². The van der Waals surface area contributed by atoms with Crippen LogP contribution in [0.5, 0.6) is 0 Å². The average molecular weight is 179 g/mol. The van der Waals surface area contributed by atoms with Gasteiger partial charge in [0.1, 0.15) is 5.82 Å². The van der Waals surface area contributed by atoms with Crippen molar-refractivity contribution in [2.75, 3.05) is 0 Å². The molecule has 1 aromatic carbocycles.